The largest absolute Gasteiger partial charge is 0.338 e. The van der Waals surface area contributed by atoms with Crippen molar-refractivity contribution in [1.82, 2.24) is 10.1 Å². The van der Waals surface area contributed by atoms with Crippen molar-refractivity contribution in [3.63, 3.8) is 0 Å². The van der Waals surface area contributed by atoms with E-state index in [4.69, 9.17) is 16.1 Å². The molecule has 0 N–H and O–H groups in total. The third kappa shape index (κ3) is 2.42. The number of carbonyl (C=O) groups excluding carboxylic acids is 1. The highest BCUT2D eigenvalue weighted by Crippen LogP contribution is 2.33. The van der Waals surface area contributed by atoms with Gasteiger partial charge in [0, 0.05) is 18.0 Å². The molecule has 1 aromatic heterocycles. The van der Waals surface area contributed by atoms with E-state index in [0.29, 0.717) is 12.4 Å². The third-order valence-electron chi connectivity index (χ3n) is 3.42. The summed E-state index contributed by atoms with van der Waals surface area (Å²) in [7, 11) is 0. The van der Waals surface area contributed by atoms with Gasteiger partial charge in [0.1, 0.15) is 5.50 Å². The molecule has 2 unspecified atom stereocenters. The number of halogens is 1. The molecule has 1 aromatic rings. The SMILES string of the molecule is C=CCN1C(=O)N(c2cc(C(C)(C)C)no2)C(Cl)C1C. The summed E-state index contributed by atoms with van der Waals surface area (Å²) in [5.74, 6) is 0.387. The Labute approximate surface area is 124 Å². The van der Waals surface area contributed by atoms with Gasteiger partial charge in [0.15, 0.2) is 0 Å². The third-order valence-corrected chi connectivity index (χ3v) is 3.98. The van der Waals surface area contributed by atoms with Crippen molar-refractivity contribution in [3.8, 4) is 0 Å². The second-order valence-electron chi connectivity index (χ2n) is 6.01. The zero-order valence-corrected chi connectivity index (χ0v) is 13.0. The zero-order valence-electron chi connectivity index (χ0n) is 12.3. The Hall–Kier alpha value is -1.49. The molecule has 0 saturated carbocycles. The van der Waals surface area contributed by atoms with Crippen LogP contribution in [-0.4, -0.2) is 34.2 Å². The average molecular weight is 298 g/mol. The van der Waals surface area contributed by atoms with Crippen LogP contribution in [0.2, 0.25) is 0 Å². The van der Waals surface area contributed by atoms with Crippen LogP contribution in [0, 0.1) is 0 Å². The van der Waals surface area contributed by atoms with Crippen LogP contribution >= 0.6 is 11.6 Å². The Bertz CT molecular complexity index is 521. The van der Waals surface area contributed by atoms with Crippen LogP contribution in [0.1, 0.15) is 33.4 Å². The van der Waals surface area contributed by atoms with Crippen LogP contribution in [0.3, 0.4) is 0 Å². The van der Waals surface area contributed by atoms with Gasteiger partial charge in [0.2, 0.25) is 5.88 Å². The van der Waals surface area contributed by atoms with Crippen molar-refractivity contribution in [1.29, 1.82) is 0 Å². The Morgan fingerprint density at radius 2 is 2.20 bits per heavy atom. The van der Waals surface area contributed by atoms with E-state index in [-0.39, 0.29) is 17.5 Å². The van der Waals surface area contributed by atoms with Crippen LogP contribution in [0.5, 0.6) is 0 Å². The molecule has 0 bridgehead atoms. The summed E-state index contributed by atoms with van der Waals surface area (Å²) in [5.41, 5.74) is 0.167. The lowest BCUT2D eigenvalue weighted by molar-refractivity contribution is 0.214. The number of nitrogens with zero attached hydrogens (tertiary/aromatic N) is 3. The van der Waals surface area contributed by atoms with Crippen molar-refractivity contribution in [3.05, 3.63) is 24.4 Å². The number of alkyl halides is 1. The van der Waals surface area contributed by atoms with Gasteiger partial charge in [-0.3, -0.25) is 0 Å². The van der Waals surface area contributed by atoms with Crippen molar-refractivity contribution in [2.24, 2.45) is 0 Å². The molecular formula is C14H20ClN3O2. The van der Waals surface area contributed by atoms with E-state index in [2.05, 4.69) is 11.7 Å². The monoisotopic (exact) mass is 297 g/mol. The molecule has 6 heteroatoms. The number of carbonyl (C=O) groups is 1. The summed E-state index contributed by atoms with van der Waals surface area (Å²) in [6, 6.07) is 1.47. The molecular weight excluding hydrogens is 278 g/mol. The highest BCUT2D eigenvalue weighted by atomic mass is 35.5. The van der Waals surface area contributed by atoms with Gasteiger partial charge in [-0.2, -0.15) is 0 Å². The van der Waals surface area contributed by atoms with E-state index in [0.717, 1.165) is 5.69 Å². The number of urea groups is 1. The van der Waals surface area contributed by atoms with Crippen molar-refractivity contribution < 1.29 is 9.32 Å². The number of anilines is 1. The molecule has 0 aromatic carbocycles. The molecule has 20 heavy (non-hydrogen) atoms. The second kappa shape index (κ2) is 5.13. The van der Waals surface area contributed by atoms with Gasteiger partial charge >= 0.3 is 6.03 Å². The minimum absolute atomic E-state index is 0.120. The molecule has 0 spiro atoms. The van der Waals surface area contributed by atoms with E-state index < -0.39 is 5.50 Å². The van der Waals surface area contributed by atoms with E-state index in [9.17, 15) is 4.79 Å². The smallest absolute Gasteiger partial charge is 0.328 e. The van der Waals surface area contributed by atoms with Crippen LogP contribution in [-0.2, 0) is 5.41 Å². The second-order valence-corrected chi connectivity index (χ2v) is 6.45. The molecule has 0 radical (unpaired) electrons. The predicted octanol–water partition coefficient (Wildman–Crippen LogP) is 3.35. The summed E-state index contributed by atoms with van der Waals surface area (Å²) < 4.78 is 5.31. The van der Waals surface area contributed by atoms with E-state index in [1.54, 1.807) is 17.0 Å². The van der Waals surface area contributed by atoms with Gasteiger partial charge in [0.05, 0.1) is 11.7 Å². The van der Waals surface area contributed by atoms with Gasteiger partial charge in [0.25, 0.3) is 0 Å². The Morgan fingerprint density at radius 1 is 1.55 bits per heavy atom. The average Bonchev–Trinajstić information content (AvgIpc) is 2.90. The van der Waals surface area contributed by atoms with Crippen molar-refractivity contribution >= 4 is 23.5 Å². The number of aromatic nitrogens is 1. The maximum atomic E-state index is 12.4. The highest BCUT2D eigenvalue weighted by Gasteiger charge is 2.44. The molecule has 1 aliphatic heterocycles. The Morgan fingerprint density at radius 3 is 2.70 bits per heavy atom. The summed E-state index contributed by atoms with van der Waals surface area (Å²) in [6.45, 7) is 12.1. The number of hydrogen-bond acceptors (Lipinski definition) is 3. The first-order chi connectivity index (χ1) is 9.27. The fourth-order valence-corrected chi connectivity index (χ4v) is 2.43. The van der Waals surface area contributed by atoms with Crippen molar-refractivity contribution in [2.75, 3.05) is 11.4 Å². The fraction of sp³-hybridized carbons (Fsp3) is 0.571. The molecule has 1 aliphatic rings. The molecule has 5 nitrogen and oxygen atoms in total. The molecule has 2 atom stereocenters. The fourth-order valence-electron chi connectivity index (χ4n) is 2.11. The van der Waals surface area contributed by atoms with Gasteiger partial charge in [-0.15, -0.1) is 6.58 Å². The molecule has 1 fully saturated rings. The molecule has 2 amide bonds. The molecule has 1 saturated heterocycles. The van der Waals surface area contributed by atoms with Crippen LogP contribution in [0.4, 0.5) is 10.7 Å². The maximum Gasteiger partial charge on any atom is 0.328 e. The maximum absolute atomic E-state index is 12.4. The lowest BCUT2D eigenvalue weighted by Crippen LogP contribution is -2.33. The zero-order chi connectivity index (χ0) is 15.1. The minimum Gasteiger partial charge on any atom is -0.338 e. The first-order valence-corrected chi connectivity index (χ1v) is 7.03. The van der Waals surface area contributed by atoms with Gasteiger partial charge in [-0.25, -0.2) is 9.69 Å². The van der Waals surface area contributed by atoms with Crippen LogP contribution in [0.15, 0.2) is 23.2 Å². The van der Waals surface area contributed by atoms with Crippen LogP contribution < -0.4 is 4.90 Å². The standard InChI is InChI=1S/C14H20ClN3O2/c1-6-7-17-9(2)12(15)18(13(17)19)11-8-10(16-20-11)14(3,4)5/h6,8-9,12H,1,7H2,2-5H3. The first-order valence-electron chi connectivity index (χ1n) is 6.59. The summed E-state index contributed by atoms with van der Waals surface area (Å²) in [6.07, 6.45) is 1.68. The molecule has 2 rings (SSSR count). The molecule has 0 aliphatic carbocycles. The van der Waals surface area contributed by atoms with E-state index in [1.807, 2.05) is 27.7 Å². The molecule has 2 heterocycles. The Kier molecular flexibility index (Phi) is 3.82. The minimum atomic E-state index is -0.483. The highest BCUT2D eigenvalue weighted by molar-refractivity contribution is 6.26. The van der Waals surface area contributed by atoms with Crippen LogP contribution in [0.25, 0.3) is 0 Å². The van der Waals surface area contributed by atoms with E-state index >= 15 is 0 Å². The van der Waals surface area contributed by atoms with Crippen molar-refractivity contribution in [2.45, 2.75) is 44.7 Å². The quantitative estimate of drug-likeness (QED) is 0.488. The number of hydrogen-bond donors (Lipinski definition) is 0. The first kappa shape index (κ1) is 14.9. The lowest BCUT2D eigenvalue weighted by Gasteiger charge is -2.17. The summed E-state index contributed by atoms with van der Waals surface area (Å²) in [5, 5.41) is 4.03. The van der Waals surface area contributed by atoms with Gasteiger partial charge in [-0.05, 0) is 6.92 Å². The summed E-state index contributed by atoms with van der Waals surface area (Å²) in [4.78, 5) is 15.5. The summed E-state index contributed by atoms with van der Waals surface area (Å²) >= 11 is 6.35. The van der Waals surface area contributed by atoms with Gasteiger partial charge < -0.3 is 9.42 Å². The topological polar surface area (TPSA) is 49.6 Å². The van der Waals surface area contributed by atoms with Gasteiger partial charge in [-0.1, -0.05) is 43.6 Å². The predicted molar refractivity (Wildman–Crippen MR) is 79.1 cm³/mol. The molecule has 110 valence electrons. The Balaban J connectivity index is 2.31. The number of rotatable bonds is 3. The lowest BCUT2D eigenvalue weighted by atomic mass is 9.92. The normalized spacial score (nSPS) is 23.6. The van der Waals surface area contributed by atoms with E-state index in [1.165, 1.54) is 4.90 Å². The number of amides is 2.